The standard InChI is InChI=1S/C8H14N4O3/c1-5(4-15-2)12-6(3-9)7(8(13)14)10-11-12/h5H,3-4,9H2,1-2H3,(H,13,14). The van der Waals surface area contributed by atoms with Gasteiger partial charge in [-0.3, -0.25) is 0 Å². The van der Waals surface area contributed by atoms with E-state index in [-0.39, 0.29) is 18.3 Å². The molecule has 0 spiro atoms. The van der Waals surface area contributed by atoms with Crippen molar-refractivity contribution in [3.63, 3.8) is 0 Å². The third-order valence-electron chi connectivity index (χ3n) is 2.01. The minimum Gasteiger partial charge on any atom is -0.476 e. The molecule has 0 saturated carbocycles. The Kier molecular flexibility index (Phi) is 3.75. The van der Waals surface area contributed by atoms with Crippen LogP contribution in [-0.2, 0) is 11.3 Å². The lowest BCUT2D eigenvalue weighted by atomic mass is 10.3. The van der Waals surface area contributed by atoms with Crippen LogP contribution in [0.3, 0.4) is 0 Å². The summed E-state index contributed by atoms with van der Waals surface area (Å²) in [4.78, 5) is 10.8. The van der Waals surface area contributed by atoms with Crippen molar-refractivity contribution in [3.05, 3.63) is 11.4 Å². The summed E-state index contributed by atoms with van der Waals surface area (Å²) in [6, 6.07) is -0.0888. The first-order valence-corrected chi connectivity index (χ1v) is 4.48. The van der Waals surface area contributed by atoms with Crippen LogP contribution in [0, 0.1) is 0 Å². The molecule has 0 radical (unpaired) electrons. The van der Waals surface area contributed by atoms with Gasteiger partial charge < -0.3 is 15.6 Å². The summed E-state index contributed by atoms with van der Waals surface area (Å²) in [5.74, 6) is -1.12. The second-order valence-corrected chi connectivity index (χ2v) is 3.14. The van der Waals surface area contributed by atoms with Crippen LogP contribution < -0.4 is 5.73 Å². The quantitative estimate of drug-likeness (QED) is 0.693. The predicted octanol–water partition coefficient (Wildman–Crippen LogP) is -0.358. The molecule has 7 nitrogen and oxygen atoms in total. The van der Waals surface area contributed by atoms with E-state index in [1.807, 2.05) is 6.92 Å². The lowest BCUT2D eigenvalue weighted by Crippen LogP contribution is -2.18. The smallest absolute Gasteiger partial charge is 0.358 e. The van der Waals surface area contributed by atoms with E-state index in [9.17, 15) is 4.79 Å². The van der Waals surface area contributed by atoms with E-state index in [1.165, 1.54) is 4.68 Å². The van der Waals surface area contributed by atoms with Gasteiger partial charge in [0.25, 0.3) is 0 Å². The van der Waals surface area contributed by atoms with E-state index < -0.39 is 5.97 Å². The summed E-state index contributed by atoms with van der Waals surface area (Å²) >= 11 is 0. The van der Waals surface area contributed by atoms with Crippen LogP contribution in [-0.4, -0.2) is 39.8 Å². The van der Waals surface area contributed by atoms with Crippen molar-refractivity contribution in [1.29, 1.82) is 0 Å². The van der Waals surface area contributed by atoms with Crippen LogP contribution in [0.25, 0.3) is 0 Å². The lowest BCUT2D eigenvalue weighted by Gasteiger charge is -2.12. The number of hydrogen-bond acceptors (Lipinski definition) is 5. The Balaban J connectivity index is 3.03. The van der Waals surface area contributed by atoms with Gasteiger partial charge in [-0.15, -0.1) is 5.10 Å². The van der Waals surface area contributed by atoms with Gasteiger partial charge in [0, 0.05) is 13.7 Å². The number of rotatable bonds is 5. The zero-order valence-electron chi connectivity index (χ0n) is 8.67. The number of methoxy groups -OCH3 is 1. The third-order valence-corrected chi connectivity index (χ3v) is 2.01. The molecule has 0 amide bonds. The molecule has 0 saturated heterocycles. The molecule has 0 fully saturated rings. The highest BCUT2D eigenvalue weighted by atomic mass is 16.5. The van der Waals surface area contributed by atoms with Crippen molar-refractivity contribution < 1.29 is 14.6 Å². The molecule has 0 aliphatic rings. The molecule has 0 aliphatic heterocycles. The van der Waals surface area contributed by atoms with E-state index in [0.29, 0.717) is 12.3 Å². The van der Waals surface area contributed by atoms with Crippen molar-refractivity contribution in [2.75, 3.05) is 13.7 Å². The molecular formula is C8H14N4O3. The minimum atomic E-state index is -1.12. The van der Waals surface area contributed by atoms with Gasteiger partial charge in [0.2, 0.25) is 0 Å². The van der Waals surface area contributed by atoms with Crippen LogP contribution in [0.4, 0.5) is 0 Å². The van der Waals surface area contributed by atoms with E-state index in [4.69, 9.17) is 15.6 Å². The van der Waals surface area contributed by atoms with Crippen LogP contribution in [0.15, 0.2) is 0 Å². The van der Waals surface area contributed by atoms with Gasteiger partial charge in [0.15, 0.2) is 5.69 Å². The van der Waals surface area contributed by atoms with Gasteiger partial charge in [-0.05, 0) is 6.92 Å². The fourth-order valence-corrected chi connectivity index (χ4v) is 1.34. The van der Waals surface area contributed by atoms with Gasteiger partial charge in [-0.2, -0.15) is 0 Å². The summed E-state index contributed by atoms with van der Waals surface area (Å²) in [7, 11) is 1.56. The first-order valence-electron chi connectivity index (χ1n) is 4.48. The molecule has 1 rings (SSSR count). The molecule has 84 valence electrons. The maximum atomic E-state index is 10.8. The monoisotopic (exact) mass is 214 g/mol. The van der Waals surface area contributed by atoms with Gasteiger partial charge in [0.1, 0.15) is 0 Å². The topological polar surface area (TPSA) is 103 Å². The molecule has 1 atom stereocenters. The van der Waals surface area contributed by atoms with E-state index >= 15 is 0 Å². The van der Waals surface area contributed by atoms with Gasteiger partial charge >= 0.3 is 5.97 Å². The molecule has 0 aliphatic carbocycles. The Labute approximate surface area is 86.8 Å². The average molecular weight is 214 g/mol. The number of aromatic carboxylic acids is 1. The third kappa shape index (κ3) is 2.31. The normalized spacial score (nSPS) is 12.7. The minimum absolute atomic E-state index is 0.0860. The Bertz CT molecular complexity index is 350. The van der Waals surface area contributed by atoms with Gasteiger partial charge in [-0.25, -0.2) is 9.48 Å². The largest absolute Gasteiger partial charge is 0.476 e. The summed E-state index contributed by atoms with van der Waals surface area (Å²) in [5.41, 5.74) is 5.78. The van der Waals surface area contributed by atoms with Gasteiger partial charge in [0.05, 0.1) is 18.3 Å². The molecule has 7 heteroatoms. The number of carboxylic acid groups (broad SMARTS) is 1. The summed E-state index contributed by atoms with van der Waals surface area (Å²) in [6.45, 7) is 2.36. The number of hydrogen-bond donors (Lipinski definition) is 2. The van der Waals surface area contributed by atoms with Crippen LogP contribution in [0.2, 0.25) is 0 Å². The van der Waals surface area contributed by atoms with E-state index in [0.717, 1.165) is 0 Å². The Morgan fingerprint density at radius 1 is 1.73 bits per heavy atom. The zero-order valence-corrected chi connectivity index (χ0v) is 8.67. The van der Waals surface area contributed by atoms with Crippen LogP contribution >= 0.6 is 0 Å². The number of carbonyl (C=O) groups is 1. The highest BCUT2D eigenvalue weighted by Crippen LogP contribution is 2.11. The van der Waals surface area contributed by atoms with E-state index in [2.05, 4.69) is 10.3 Å². The lowest BCUT2D eigenvalue weighted by molar-refractivity contribution is 0.0689. The predicted molar refractivity (Wildman–Crippen MR) is 51.5 cm³/mol. The molecular weight excluding hydrogens is 200 g/mol. The number of ether oxygens (including phenoxy) is 1. The molecule has 0 aromatic carbocycles. The number of nitrogens with two attached hydrogens (primary N) is 1. The molecule has 1 aromatic rings. The summed E-state index contributed by atoms with van der Waals surface area (Å²) < 4.78 is 6.43. The summed E-state index contributed by atoms with van der Waals surface area (Å²) in [6.07, 6.45) is 0. The summed E-state index contributed by atoms with van der Waals surface area (Å²) in [5, 5.41) is 16.1. The van der Waals surface area contributed by atoms with Crippen LogP contribution in [0.1, 0.15) is 29.1 Å². The molecule has 15 heavy (non-hydrogen) atoms. The van der Waals surface area contributed by atoms with Gasteiger partial charge in [-0.1, -0.05) is 5.21 Å². The molecule has 1 heterocycles. The van der Waals surface area contributed by atoms with Crippen molar-refractivity contribution >= 4 is 5.97 Å². The SMILES string of the molecule is COCC(C)n1nnc(C(=O)O)c1CN. The maximum absolute atomic E-state index is 10.8. The zero-order chi connectivity index (χ0) is 11.4. The Morgan fingerprint density at radius 3 is 2.87 bits per heavy atom. The molecule has 0 bridgehead atoms. The second kappa shape index (κ2) is 4.85. The van der Waals surface area contributed by atoms with Crippen molar-refractivity contribution in [2.24, 2.45) is 5.73 Å². The highest BCUT2D eigenvalue weighted by molar-refractivity contribution is 5.86. The van der Waals surface area contributed by atoms with Crippen molar-refractivity contribution in [1.82, 2.24) is 15.0 Å². The van der Waals surface area contributed by atoms with Crippen LogP contribution in [0.5, 0.6) is 0 Å². The van der Waals surface area contributed by atoms with Crippen molar-refractivity contribution in [3.8, 4) is 0 Å². The van der Waals surface area contributed by atoms with Crippen molar-refractivity contribution in [2.45, 2.75) is 19.5 Å². The second-order valence-electron chi connectivity index (χ2n) is 3.14. The van der Waals surface area contributed by atoms with E-state index in [1.54, 1.807) is 7.11 Å². The Morgan fingerprint density at radius 2 is 2.40 bits per heavy atom. The Hall–Kier alpha value is -1.47. The number of carboxylic acids is 1. The number of aromatic nitrogens is 3. The number of nitrogens with zero attached hydrogens (tertiary/aromatic N) is 3. The highest BCUT2D eigenvalue weighted by Gasteiger charge is 2.20. The average Bonchev–Trinajstić information content (AvgIpc) is 2.61. The fraction of sp³-hybridized carbons (Fsp3) is 0.625. The molecule has 3 N–H and O–H groups in total. The maximum Gasteiger partial charge on any atom is 0.358 e. The fourth-order valence-electron chi connectivity index (χ4n) is 1.34. The first-order chi connectivity index (χ1) is 7.11. The molecule has 1 aromatic heterocycles. The molecule has 1 unspecified atom stereocenters. The first kappa shape index (κ1) is 11.6.